The molecule has 4 fully saturated rings. The quantitative estimate of drug-likeness (QED) is 0.0897. The Hall–Kier alpha value is -3.61. The van der Waals surface area contributed by atoms with Crippen molar-refractivity contribution in [2.24, 2.45) is 17.8 Å². The number of rotatable bonds is 12. The number of hydrogen-bond donors (Lipinski definition) is 2. The molecule has 4 aliphatic carbocycles. The molecule has 4 N–H and O–H groups in total. The van der Waals surface area contributed by atoms with Gasteiger partial charge in [-0.15, -0.1) is 0 Å². The van der Waals surface area contributed by atoms with Crippen molar-refractivity contribution in [3.63, 3.8) is 0 Å². The van der Waals surface area contributed by atoms with Crippen LogP contribution in [0.4, 0.5) is 0 Å². The molecule has 0 aromatic heterocycles. The zero-order chi connectivity index (χ0) is 43.7. The van der Waals surface area contributed by atoms with Gasteiger partial charge in [-0.3, -0.25) is 4.79 Å². The Labute approximate surface area is 385 Å². The van der Waals surface area contributed by atoms with Crippen LogP contribution in [0.1, 0.15) is 101 Å². The second-order valence-corrected chi connectivity index (χ2v) is 19.8. The van der Waals surface area contributed by atoms with E-state index in [0.29, 0.717) is 24.8 Å². The first-order chi connectivity index (χ1) is 28.3. The molecule has 4 bridgehead atoms. The van der Waals surface area contributed by atoms with Gasteiger partial charge in [0.25, 0.3) is 0 Å². The van der Waals surface area contributed by atoms with Gasteiger partial charge in [0.15, 0.2) is 0 Å². The normalized spacial score (nSPS) is 20.9. The minimum absolute atomic E-state index is 0. The van der Waals surface area contributed by atoms with Crippen LogP contribution in [0.2, 0.25) is 0 Å². The van der Waals surface area contributed by atoms with Gasteiger partial charge in [0.1, 0.15) is 21.2 Å². The number of carbonyl (C=O) groups excluding carboxylic acids is 2. The predicted octanol–water partition coefficient (Wildman–Crippen LogP) is 4.66. The topological polar surface area (TPSA) is 172 Å². The van der Waals surface area contributed by atoms with Crippen molar-refractivity contribution in [1.82, 2.24) is 0 Å². The van der Waals surface area contributed by atoms with Crippen LogP contribution in [0.5, 0.6) is 0 Å². The van der Waals surface area contributed by atoms with E-state index in [9.17, 15) is 32.8 Å². The van der Waals surface area contributed by atoms with E-state index in [1.54, 1.807) is 46.1 Å². The first-order valence-electron chi connectivity index (χ1n) is 21.2. The molecule has 0 amide bonds. The van der Waals surface area contributed by atoms with Crippen LogP contribution in [-0.2, 0) is 37.3 Å². The fraction of sp³-hybridized carbons (Fsp3) is 0.440. The average Bonchev–Trinajstić information content (AvgIpc) is 3.16. The zero-order valence-electron chi connectivity index (χ0n) is 36.8. The Balaban J connectivity index is 0.000000216. The number of aliphatic hydroxyl groups is 1. The second kappa shape index (κ2) is 22.1. The van der Waals surface area contributed by atoms with Crippen LogP contribution in [0.25, 0.3) is 22.3 Å². The van der Waals surface area contributed by atoms with Crippen molar-refractivity contribution in [2.75, 3.05) is 0 Å². The number of carbonyl (C=O) groups is 2. The van der Waals surface area contributed by atoms with Gasteiger partial charge in [0.2, 0.25) is 0 Å². The number of aryl methyl sites for hydroxylation is 4. The number of allylic oxidation sites excluding steroid dienone is 1. The maximum Gasteiger partial charge on any atom is 1.00 e. The largest absolute Gasteiger partial charge is 1.00 e. The summed E-state index contributed by atoms with van der Waals surface area (Å²) in [6, 6.07) is 32.2. The molecule has 11 heteroatoms. The van der Waals surface area contributed by atoms with Crippen molar-refractivity contribution in [2.45, 2.75) is 122 Å². The van der Waals surface area contributed by atoms with Gasteiger partial charge in [0.05, 0.1) is 17.9 Å². The first-order valence-corrected chi connectivity index (χ1v) is 22.6. The summed E-state index contributed by atoms with van der Waals surface area (Å²) in [5.74, 6) is 1.35. The smallest absolute Gasteiger partial charge is 0.746 e. The van der Waals surface area contributed by atoms with Gasteiger partial charge in [-0.2, -0.15) is 0 Å². The third-order valence-electron chi connectivity index (χ3n) is 11.8. The summed E-state index contributed by atoms with van der Waals surface area (Å²) in [4.78, 5) is 23.2. The molecular formula is C50H62NNaO8S. The molecule has 0 aliphatic heterocycles. The van der Waals surface area contributed by atoms with E-state index in [2.05, 4.69) is 43.0 Å². The molecule has 8 rings (SSSR count). The summed E-state index contributed by atoms with van der Waals surface area (Å²) in [5.41, 5.74) is 11.3. The minimum Gasteiger partial charge on any atom is -0.746 e. The van der Waals surface area contributed by atoms with Gasteiger partial charge in [-0.25, -0.2) is 8.42 Å². The summed E-state index contributed by atoms with van der Waals surface area (Å²) in [7, 11) is -4.63. The Kier molecular flexibility index (Phi) is 18.2. The molecule has 4 aromatic rings. The Morgan fingerprint density at radius 3 is 1.62 bits per heavy atom. The summed E-state index contributed by atoms with van der Waals surface area (Å²) >= 11 is 0. The molecule has 0 saturated heterocycles. The predicted molar refractivity (Wildman–Crippen MR) is 233 cm³/mol. The third-order valence-corrected chi connectivity index (χ3v) is 12.7. The van der Waals surface area contributed by atoms with Crippen molar-refractivity contribution >= 4 is 22.1 Å². The van der Waals surface area contributed by atoms with E-state index in [1.165, 1.54) is 36.0 Å². The number of quaternary nitrogens is 1. The molecule has 0 heterocycles. The summed E-state index contributed by atoms with van der Waals surface area (Å²) < 4.78 is 37.1. The Morgan fingerprint density at radius 1 is 0.803 bits per heavy atom. The van der Waals surface area contributed by atoms with Gasteiger partial charge in [-0.05, 0) is 147 Å². The molecule has 0 spiro atoms. The summed E-state index contributed by atoms with van der Waals surface area (Å²) in [5, 5.41) is 20.6. The summed E-state index contributed by atoms with van der Waals surface area (Å²) in [6.45, 7) is 9.28. The van der Waals surface area contributed by atoms with Crippen molar-refractivity contribution < 1.29 is 72.8 Å². The fourth-order valence-corrected chi connectivity index (χ4v) is 9.95. The number of esters is 1. The molecule has 0 radical (unpaired) electrons. The standard InChI is InChI=1S/C24H28O4.C16H18O4S.C10H17N.Na/c1-17-15-18(13-14-21(17)19-10-6-5-7-11-19)9-8-12-20(23(26)27)16-22(25)28-24(2,3)4;1-12-11-13(8-10-16(17)21(18,19)20)7-9-15(12)14-5-3-2-4-6-14;11-10-4-7-1-8(5-10)3-9(2-7)6-10;/h5-7,10-15H,8-9,16H2,1-4H3,(H,26,27);2-7,9,11,16-17H,8,10H2,1H3,(H,18,19,20);7-9H,1-6,11H2;/q;;;+1/p-1/b20-12+;;;. The zero-order valence-corrected chi connectivity index (χ0v) is 39.6. The molecule has 9 nitrogen and oxygen atoms in total. The minimum atomic E-state index is -4.63. The maximum atomic E-state index is 11.9. The summed E-state index contributed by atoms with van der Waals surface area (Å²) in [6.07, 6.45) is 11.7. The van der Waals surface area contributed by atoms with Crippen LogP contribution >= 0.6 is 0 Å². The number of hydrogen-bond acceptors (Lipinski definition) is 8. The molecule has 1 atom stereocenters. The van der Waals surface area contributed by atoms with Crippen molar-refractivity contribution in [3.8, 4) is 22.3 Å². The fourth-order valence-electron chi connectivity index (χ4n) is 9.54. The third kappa shape index (κ3) is 15.6. The number of carboxylic acids is 1. The SMILES string of the molecule is Cc1cc(CC/C=C(\CC(=O)OC(C)(C)C)C(=O)[O-])ccc1-c1ccccc1.Cc1cc(CCC(O)S(=O)(=O)[O-])ccc1-c1ccccc1.[NH3+]C12CC3CC(CC(C3)C1)C2.[Na+]. The van der Waals surface area contributed by atoms with Crippen molar-refractivity contribution in [3.05, 3.63) is 131 Å². The van der Waals surface area contributed by atoms with E-state index in [1.807, 2.05) is 73.7 Å². The number of carboxylic acid groups (broad SMARTS) is 1. The number of aliphatic hydroxyl groups excluding tert-OH is 1. The van der Waals surface area contributed by atoms with Gasteiger partial charge < -0.3 is 30.0 Å². The molecular weight excluding hydrogens is 798 g/mol. The molecule has 4 saturated carbocycles. The number of aliphatic carboxylic acids is 1. The molecule has 4 aromatic carbocycles. The Bertz CT molecular complexity index is 2180. The molecule has 1 unspecified atom stereocenters. The van der Waals surface area contributed by atoms with E-state index in [-0.39, 0.29) is 48.0 Å². The van der Waals surface area contributed by atoms with E-state index in [4.69, 9.17) is 4.74 Å². The molecule has 4 aliphatic rings. The van der Waals surface area contributed by atoms with Crippen LogP contribution in [-0.4, -0.2) is 46.6 Å². The Morgan fingerprint density at radius 2 is 1.25 bits per heavy atom. The van der Waals surface area contributed by atoms with E-state index in [0.717, 1.165) is 45.6 Å². The second-order valence-electron chi connectivity index (χ2n) is 18.3. The van der Waals surface area contributed by atoms with Gasteiger partial charge >= 0.3 is 35.5 Å². The number of benzene rings is 4. The van der Waals surface area contributed by atoms with Crippen LogP contribution < -0.4 is 40.4 Å². The van der Waals surface area contributed by atoms with E-state index >= 15 is 0 Å². The molecule has 322 valence electrons. The number of ether oxygens (including phenoxy) is 1. The monoisotopic (exact) mass is 859 g/mol. The average molecular weight is 860 g/mol. The molecule has 61 heavy (non-hydrogen) atoms. The van der Waals surface area contributed by atoms with Crippen LogP contribution in [0.3, 0.4) is 0 Å². The first kappa shape index (κ1) is 50.0. The maximum absolute atomic E-state index is 11.9. The van der Waals surface area contributed by atoms with Crippen LogP contribution in [0.15, 0.2) is 109 Å². The van der Waals surface area contributed by atoms with Gasteiger partial charge in [-0.1, -0.05) is 103 Å². The van der Waals surface area contributed by atoms with E-state index < -0.39 is 33.1 Å². The van der Waals surface area contributed by atoms with Crippen LogP contribution in [0, 0.1) is 31.6 Å². The van der Waals surface area contributed by atoms with Crippen molar-refractivity contribution in [1.29, 1.82) is 0 Å². The van der Waals surface area contributed by atoms with Gasteiger partial charge in [0, 0.05) is 19.3 Å².